The quantitative estimate of drug-likeness (QED) is 0.166. The number of hydrogen-bond donors (Lipinski definition) is 2. The number of ether oxygens (including phenoxy) is 1. The average molecular weight is 585 g/mol. The SMILES string of the molecule is Cc1nnsc1-c1nc(CCOc2ccc(CC(Nc3ccccc3C(=O)c3ccccc3)C(=O)O)cc2)c(C)s1. The van der Waals surface area contributed by atoms with Gasteiger partial charge in [-0.3, -0.25) is 4.79 Å². The molecule has 1 atom stereocenters. The zero-order valence-corrected chi connectivity index (χ0v) is 24.2. The van der Waals surface area contributed by atoms with Gasteiger partial charge >= 0.3 is 5.97 Å². The molecule has 2 heterocycles. The topological polar surface area (TPSA) is 114 Å². The zero-order valence-electron chi connectivity index (χ0n) is 22.5. The highest BCUT2D eigenvalue weighted by atomic mass is 32.1. The van der Waals surface area contributed by atoms with E-state index in [0.29, 0.717) is 35.6 Å². The third-order valence-electron chi connectivity index (χ3n) is 6.54. The minimum Gasteiger partial charge on any atom is -0.493 e. The van der Waals surface area contributed by atoms with Crippen molar-refractivity contribution in [1.82, 2.24) is 14.6 Å². The summed E-state index contributed by atoms with van der Waals surface area (Å²) in [6.45, 7) is 4.45. The Kier molecular flexibility index (Phi) is 8.81. The molecule has 0 aliphatic heterocycles. The molecule has 5 rings (SSSR count). The largest absolute Gasteiger partial charge is 0.493 e. The number of nitrogens with zero attached hydrogens (tertiary/aromatic N) is 3. The van der Waals surface area contributed by atoms with Gasteiger partial charge < -0.3 is 15.2 Å². The van der Waals surface area contributed by atoms with E-state index in [2.05, 4.69) is 21.8 Å². The molecule has 2 N–H and O–H groups in total. The molecule has 8 nitrogen and oxygen atoms in total. The lowest BCUT2D eigenvalue weighted by Gasteiger charge is -2.18. The molecule has 208 valence electrons. The number of carbonyl (C=O) groups excluding carboxylic acids is 1. The van der Waals surface area contributed by atoms with Crippen molar-refractivity contribution in [2.75, 3.05) is 11.9 Å². The summed E-state index contributed by atoms with van der Waals surface area (Å²) in [5.41, 5.74) is 4.16. The van der Waals surface area contributed by atoms with Crippen molar-refractivity contribution in [1.29, 1.82) is 0 Å². The van der Waals surface area contributed by atoms with Crippen molar-refractivity contribution >= 4 is 40.3 Å². The summed E-state index contributed by atoms with van der Waals surface area (Å²) in [6, 6.07) is 22.4. The van der Waals surface area contributed by atoms with Crippen molar-refractivity contribution in [2.45, 2.75) is 32.7 Å². The van der Waals surface area contributed by atoms with Crippen LogP contribution in [0, 0.1) is 13.8 Å². The highest BCUT2D eigenvalue weighted by Crippen LogP contribution is 2.32. The first-order valence-electron chi connectivity index (χ1n) is 13.0. The second-order valence-corrected chi connectivity index (χ2v) is 11.4. The van der Waals surface area contributed by atoms with Gasteiger partial charge in [0.25, 0.3) is 0 Å². The lowest BCUT2D eigenvalue weighted by atomic mass is 10.00. The number of aryl methyl sites for hydroxylation is 2. The fourth-order valence-electron chi connectivity index (χ4n) is 4.35. The summed E-state index contributed by atoms with van der Waals surface area (Å²) >= 11 is 2.99. The fraction of sp³-hybridized carbons (Fsp3) is 0.194. The Labute approximate surface area is 245 Å². The van der Waals surface area contributed by atoms with Crippen molar-refractivity contribution < 1.29 is 19.4 Å². The van der Waals surface area contributed by atoms with Gasteiger partial charge in [-0.1, -0.05) is 59.1 Å². The Balaban J connectivity index is 1.19. The van der Waals surface area contributed by atoms with E-state index in [4.69, 9.17) is 9.72 Å². The lowest BCUT2D eigenvalue weighted by molar-refractivity contribution is -0.137. The molecule has 0 aliphatic rings. The smallest absolute Gasteiger partial charge is 0.326 e. The van der Waals surface area contributed by atoms with Crippen LogP contribution >= 0.6 is 22.9 Å². The number of para-hydroxylation sites is 1. The van der Waals surface area contributed by atoms with Crippen LogP contribution in [0.15, 0.2) is 78.9 Å². The maximum Gasteiger partial charge on any atom is 0.326 e. The van der Waals surface area contributed by atoms with Crippen molar-refractivity contribution in [3.63, 3.8) is 0 Å². The van der Waals surface area contributed by atoms with Gasteiger partial charge in [-0.15, -0.1) is 16.4 Å². The van der Waals surface area contributed by atoms with Gasteiger partial charge in [-0.25, -0.2) is 9.78 Å². The standard InChI is InChI=1S/C31H28N4O4S2/c1-19-29(41-35-34-19)30-33-25(20(2)40-30)16-17-39-23-14-12-21(13-15-23)18-27(31(37)38)32-26-11-7-6-10-24(26)28(36)22-8-4-3-5-9-22/h3-15,27,32H,16-18H2,1-2H3,(H,37,38). The summed E-state index contributed by atoms with van der Waals surface area (Å²) in [5.74, 6) is -0.475. The van der Waals surface area contributed by atoms with Crippen LogP contribution in [0.25, 0.3) is 9.88 Å². The minimum absolute atomic E-state index is 0.168. The second-order valence-electron chi connectivity index (χ2n) is 9.43. The van der Waals surface area contributed by atoms with E-state index in [-0.39, 0.29) is 12.2 Å². The highest BCUT2D eigenvalue weighted by Gasteiger charge is 2.21. The predicted octanol–water partition coefficient (Wildman–Crippen LogP) is 6.24. The fourth-order valence-corrected chi connectivity index (χ4v) is 6.08. The molecular formula is C31H28N4O4S2. The van der Waals surface area contributed by atoms with Crippen LogP contribution in [-0.4, -0.2) is 44.1 Å². The Morgan fingerprint density at radius 2 is 1.71 bits per heavy atom. The molecule has 3 aromatic carbocycles. The number of carboxylic acids is 1. The lowest BCUT2D eigenvalue weighted by Crippen LogP contribution is -2.32. The third-order valence-corrected chi connectivity index (χ3v) is 8.54. The van der Waals surface area contributed by atoms with E-state index >= 15 is 0 Å². The first-order valence-corrected chi connectivity index (χ1v) is 14.6. The summed E-state index contributed by atoms with van der Waals surface area (Å²) in [4.78, 5) is 32.1. The van der Waals surface area contributed by atoms with Crippen LogP contribution in [-0.2, 0) is 17.6 Å². The molecule has 5 aromatic rings. The average Bonchev–Trinajstić information content (AvgIpc) is 3.58. The number of rotatable bonds is 12. The number of aromatic nitrogens is 3. The number of benzene rings is 3. The zero-order chi connectivity index (χ0) is 28.8. The van der Waals surface area contributed by atoms with Crippen LogP contribution < -0.4 is 10.1 Å². The van der Waals surface area contributed by atoms with Gasteiger partial charge in [-0.2, -0.15) is 0 Å². The summed E-state index contributed by atoms with van der Waals surface area (Å²) in [7, 11) is 0. The number of hydrogen-bond acceptors (Lipinski definition) is 9. The van der Waals surface area contributed by atoms with Gasteiger partial charge in [0.15, 0.2) is 5.78 Å². The number of anilines is 1. The molecule has 0 radical (unpaired) electrons. The van der Waals surface area contributed by atoms with Crippen LogP contribution in [0.5, 0.6) is 5.75 Å². The van der Waals surface area contributed by atoms with E-state index in [1.54, 1.807) is 59.9 Å². The number of carbonyl (C=O) groups is 2. The Morgan fingerprint density at radius 3 is 2.41 bits per heavy atom. The molecule has 0 aliphatic carbocycles. The first-order chi connectivity index (χ1) is 19.9. The monoisotopic (exact) mass is 584 g/mol. The molecule has 0 saturated carbocycles. The summed E-state index contributed by atoms with van der Waals surface area (Å²) in [6.07, 6.45) is 0.900. The maximum atomic E-state index is 13.1. The number of nitrogens with one attached hydrogen (secondary N) is 1. The van der Waals surface area contributed by atoms with Gasteiger partial charge in [-0.05, 0) is 55.2 Å². The Bertz CT molecular complexity index is 1650. The highest BCUT2D eigenvalue weighted by molar-refractivity contribution is 7.19. The first kappa shape index (κ1) is 28.1. The molecule has 0 bridgehead atoms. The van der Waals surface area contributed by atoms with E-state index in [1.165, 1.54) is 11.5 Å². The van der Waals surface area contributed by atoms with Crippen LogP contribution in [0.2, 0.25) is 0 Å². The van der Waals surface area contributed by atoms with Crippen molar-refractivity contribution in [3.05, 3.63) is 112 Å². The van der Waals surface area contributed by atoms with Crippen molar-refractivity contribution in [3.8, 4) is 15.6 Å². The van der Waals surface area contributed by atoms with Crippen LogP contribution in [0.4, 0.5) is 5.69 Å². The molecule has 41 heavy (non-hydrogen) atoms. The molecule has 0 saturated heterocycles. The molecule has 0 spiro atoms. The molecule has 0 amide bonds. The molecule has 0 fully saturated rings. The number of aliphatic carboxylic acids is 1. The van der Waals surface area contributed by atoms with Crippen LogP contribution in [0.1, 0.15) is 37.7 Å². The van der Waals surface area contributed by atoms with Gasteiger partial charge in [0.2, 0.25) is 0 Å². The number of thiazole rings is 1. The van der Waals surface area contributed by atoms with Gasteiger partial charge in [0.05, 0.1) is 18.0 Å². The molecular weight excluding hydrogens is 556 g/mol. The van der Waals surface area contributed by atoms with Gasteiger partial charge in [0, 0.05) is 34.5 Å². The van der Waals surface area contributed by atoms with Crippen molar-refractivity contribution in [2.24, 2.45) is 0 Å². The molecule has 1 unspecified atom stereocenters. The number of carboxylic acid groups (broad SMARTS) is 1. The third kappa shape index (κ3) is 6.85. The van der Waals surface area contributed by atoms with Crippen LogP contribution in [0.3, 0.4) is 0 Å². The Hall–Kier alpha value is -4.41. The molecule has 2 aromatic heterocycles. The number of ketones is 1. The maximum absolute atomic E-state index is 13.1. The summed E-state index contributed by atoms with van der Waals surface area (Å²) in [5, 5.41) is 18.0. The van der Waals surface area contributed by atoms with E-state index in [9.17, 15) is 14.7 Å². The second kappa shape index (κ2) is 12.8. The Morgan fingerprint density at radius 1 is 0.976 bits per heavy atom. The van der Waals surface area contributed by atoms with E-state index in [1.807, 2.05) is 37.3 Å². The predicted molar refractivity (Wildman–Crippen MR) is 161 cm³/mol. The van der Waals surface area contributed by atoms with E-state index < -0.39 is 12.0 Å². The normalized spacial score (nSPS) is 11.7. The summed E-state index contributed by atoms with van der Waals surface area (Å²) < 4.78 is 9.95. The molecule has 10 heteroatoms. The van der Waals surface area contributed by atoms with Gasteiger partial charge in [0.1, 0.15) is 21.7 Å². The van der Waals surface area contributed by atoms with E-state index in [0.717, 1.165) is 31.7 Å². The minimum atomic E-state index is -1.01.